The number of nitrogen functional groups attached to an aromatic ring is 2. The molecule has 4 rings (SSSR count). The minimum absolute atomic E-state index is 0.107. The molecule has 0 saturated carbocycles. The number of aromatic amines is 1. The van der Waals surface area contributed by atoms with Crippen LogP contribution in [0.4, 0.5) is 41.0 Å². The third-order valence-electron chi connectivity index (χ3n) is 4.90. The van der Waals surface area contributed by atoms with E-state index in [4.69, 9.17) is 11.5 Å². The Morgan fingerprint density at radius 2 is 1.82 bits per heavy atom. The van der Waals surface area contributed by atoms with Crippen molar-refractivity contribution >= 4 is 45.9 Å². The fourth-order valence-electron chi connectivity index (χ4n) is 3.43. The van der Waals surface area contributed by atoms with Crippen molar-refractivity contribution in [3.8, 4) is 11.1 Å². The molecule has 0 aliphatic carbocycles. The molecule has 7 N–H and O–H groups in total. The number of nitrogens with two attached hydrogens (primary N) is 2. The van der Waals surface area contributed by atoms with Gasteiger partial charge in [-0.05, 0) is 42.8 Å². The number of halogens is 3. The van der Waals surface area contributed by atoms with Crippen molar-refractivity contribution in [3.63, 3.8) is 0 Å². The van der Waals surface area contributed by atoms with Crippen LogP contribution in [0.15, 0.2) is 42.7 Å². The van der Waals surface area contributed by atoms with E-state index in [0.29, 0.717) is 34.3 Å². The molecule has 0 fully saturated rings. The van der Waals surface area contributed by atoms with E-state index < -0.39 is 29.2 Å². The molecule has 2 amide bonds. The van der Waals surface area contributed by atoms with Gasteiger partial charge in [0.2, 0.25) is 0 Å². The van der Waals surface area contributed by atoms with Crippen LogP contribution < -0.4 is 22.1 Å². The highest BCUT2D eigenvalue weighted by molar-refractivity contribution is 6.09. The van der Waals surface area contributed by atoms with Gasteiger partial charge in [-0.1, -0.05) is 0 Å². The number of amides is 2. The number of Topliss-reactive ketones (excluding diaryl/α,β-unsaturated/α-hetero) is 1. The molecule has 0 radical (unpaired) electrons. The number of carbonyl (C=O) groups excluding carboxylic acids is 2. The number of carbonyl (C=O) groups is 2. The van der Waals surface area contributed by atoms with Crippen LogP contribution in [0.2, 0.25) is 0 Å². The molecule has 4 aromatic rings. The summed E-state index contributed by atoms with van der Waals surface area (Å²) >= 11 is 0. The molecule has 34 heavy (non-hydrogen) atoms. The molecule has 0 spiro atoms. The molecule has 174 valence electrons. The summed E-state index contributed by atoms with van der Waals surface area (Å²) < 4.78 is 39.4. The number of nitrogens with zero attached hydrogens (tertiary/aromatic N) is 3. The smallest absolute Gasteiger partial charge is 0.398 e. The minimum Gasteiger partial charge on any atom is -0.398 e. The number of nitrogens with one attached hydrogen (secondary N) is 3. The van der Waals surface area contributed by atoms with Gasteiger partial charge < -0.3 is 16.8 Å². The van der Waals surface area contributed by atoms with Crippen LogP contribution in [0.1, 0.15) is 22.8 Å². The van der Waals surface area contributed by atoms with E-state index in [-0.39, 0.29) is 22.9 Å². The minimum atomic E-state index is -4.72. The van der Waals surface area contributed by atoms with Gasteiger partial charge in [0.1, 0.15) is 5.82 Å². The van der Waals surface area contributed by atoms with E-state index >= 15 is 0 Å². The van der Waals surface area contributed by atoms with E-state index in [1.165, 1.54) is 12.3 Å². The van der Waals surface area contributed by atoms with Gasteiger partial charge in [0, 0.05) is 23.6 Å². The summed E-state index contributed by atoms with van der Waals surface area (Å²) in [6, 6.07) is 5.26. The van der Waals surface area contributed by atoms with Gasteiger partial charge in [0.15, 0.2) is 17.2 Å². The first-order chi connectivity index (χ1) is 16.0. The van der Waals surface area contributed by atoms with Crippen LogP contribution >= 0.6 is 0 Å². The van der Waals surface area contributed by atoms with Crippen molar-refractivity contribution in [2.45, 2.75) is 13.1 Å². The van der Waals surface area contributed by atoms with E-state index in [1.54, 1.807) is 18.3 Å². The number of alkyl halides is 3. The van der Waals surface area contributed by atoms with Gasteiger partial charge >= 0.3 is 12.2 Å². The fourth-order valence-corrected chi connectivity index (χ4v) is 3.43. The van der Waals surface area contributed by atoms with Crippen LogP contribution in [0, 0.1) is 0 Å². The first-order valence-corrected chi connectivity index (χ1v) is 9.69. The van der Waals surface area contributed by atoms with Crippen LogP contribution in [-0.4, -0.2) is 32.0 Å². The fraction of sp³-hybridized carbons (Fsp3) is 0.0952. The molecule has 0 unspecified atom stereocenters. The number of benzene rings is 1. The maximum absolute atomic E-state index is 13.1. The highest BCUT2D eigenvalue weighted by atomic mass is 19.4. The summed E-state index contributed by atoms with van der Waals surface area (Å²) in [5.41, 5.74) is 11.3. The standard InChI is InChI=1S/C21H17F3N8O2/c1-9(33)16-13(25)6-11(21(22,23)24)7-14(16)29-20(34)30-15-3-2-10(8-28-15)12-4-5-27-19-17(12)18(26)31-32-19/h2-8H,25H2,1H3,(H3,26,27,31,32)(H2,28,29,30,34). The molecule has 0 aliphatic rings. The third kappa shape index (κ3) is 4.30. The first kappa shape index (κ1) is 22.5. The predicted molar refractivity (Wildman–Crippen MR) is 120 cm³/mol. The average molecular weight is 470 g/mol. The van der Waals surface area contributed by atoms with Crippen molar-refractivity contribution in [1.29, 1.82) is 0 Å². The lowest BCUT2D eigenvalue weighted by Crippen LogP contribution is -2.22. The van der Waals surface area contributed by atoms with Gasteiger partial charge in [-0.2, -0.15) is 18.3 Å². The van der Waals surface area contributed by atoms with Crippen LogP contribution in [0.25, 0.3) is 22.2 Å². The van der Waals surface area contributed by atoms with Gasteiger partial charge in [0.25, 0.3) is 0 Å². The first-order valence-electron chi connectivity index (χ1n) is 9.69. The lowest BCUT2D eigenvalue weighted by atomic mass is 10.0. The molecular weight excluding hydrogens is 453 g/mol. The zero-order valence-corrected chi connectivity index (χ0v) is 17.5. The number of urea groups is 1. The number of rotatable bonds is 4. The number of anilines is 4. The van der Waals surface area contributed by atoms with E-state index in [2.05, 4.69) is 30.8 Å². The summed E-state index contributed by atoms with van der Waals surface area (Å²) in [7, 11) is 0. The summed E-state index contributed by atoms with van der Waals surface area (Å²) in [4.78, 5) is 32.6. The van der Waals surface area contributed by atoms with E-state index in [1.807, 2.05) is 0 Å². The van der Waals surface area contributed by atoms with Crippen molar-refractivity contribution in [3.05, 3.63) is 53.9 Å². The van der Waals surface area contributed by atoms with Crippen molar-refractivity contribution in [1.82, 2.24) is 20.2 Å². The van der Waals surface area contributed by atoms with Gasteiger partial charge in [-0.15, -0.1) is 0 Å². The lowest BCUT2D eigenvalue weighted by molar-refractivity contribution is -0.137. The highest BCUT2D eigenvalue weighted by Gasteiger charge is 2.32. The number of pyridine rings is 2. The van der Waals surface area contributed by atoms with Crippen molar-refractivity contribution in [2.75, 3.05) is 22.1 Å². The highest BCUT2D eigenvalue weighted by Crippen LogP contribution is 2.35. The molecule has 3 aromatic heterocycles. The second-order valence-corrected chi connectivity index (χ2v) is 7.24. The van der Waals surface area contributed by atoms with Crippen molar-refractivity contribution < 1.29 is 22.8 Å². The van der Waals surface area contributed by atoms with Crippen LogP contribution in [-0.2, 0) is 6.18 Å². The van der Waals surface area contributed by atoms with Crippen LogP contribution in [0.3, 0.4) is 0 Å². The second-order valence-electron chi connectivity index (χ2n) is 7.24. The average Bonchev–Trinajstić information content (AvgIpc) is 3.14. The topological polar surface area (TPSA) is 165 Å². The maximum Gasteiger partial charge on any atom is 0.416 e. The Morgan fingerprint density at radius 1 is 1.06 bits per heavy atom. The lowest BCUT2D eigenvalue weighted by Gasteiger charge is -2.16. The second kappa shape index (κ2) is 8.35. The van der Waals surface area contributed by atoms with Gasteiger partial charge in [-0.3, -0.25) is 15.2 Å². The molecule has 0 bridgehead atoms. The molecule has 13 heteroatoms. The van der Waals surface area contributed by atoms with Crippen LogP contribution in [0.5, 0.6) is 0 Å². The molecule has 0 aliphatic heterocycles. The monoisotopic (exact) mass is 470 g/mol. The Balaban J connectivity index is 1.57. The molecule has 1 aromatic carbocycles. The Morgan fingerprint density at radius 3 is 2.47 bits per heavy atom. The number of aromatic nitrogens is 4. The zero-order chi connectivity index (χ0) is 24.6. The molecular formula is C21H17F3N8O2. The summed E-state index contributed by atoms with van der Waals surface area (Å²) in [5, 5.41) is 11.9. The number of hydrogen-bond acceptors (Lipinski definition) is 7. The third-order valence-corrected chi connectivity index (χ3v) is 4.90. The maximum atomic E-state index is 13.1. The quantitative estimate of drug-likeness (QED) is 0.222. The Kier molecular flexibility index (Phi) is 5.53. The molecule has 10 nitrogen and oxygen atoms in total. The van der Waals surface area contributed by atoms with Gasteiger partial charge in [0.05, 0.1) is 22.2 Å². The molecule has 3 heterocycles. The Hall–Kier alpha value is -4.68. The number of ketones is 1. The summed E-state index contributed by atoms with van der Waals surface area (Å²) in [5.74, 6) is -0.233. The predicted octanol–water partition coefficient (Wildman–Crippen LogP) is 4.05. The Bertz CT molecular complexity index is 1410. The largest absolute Gasteiger partial charge is 0.416 e. The number of H-pyrrole nitrogens is 1. The SMILES string of the molecule is CC(=O)c1c(N)cc(C(F)(F)F)cc1NC(=O)Nc1ccc(-c2ccnc3[nH]nc(N)c23)cn1. The number of fused-ring (bicyclic) bond motifs is 1. The van der Waals surface area contributed by atoms with Gasteiger partial charge in [-0.25, -0.2) is 14.8 Å². The van der Waals surface area contributed by atoms with E-state index in [0.717, 1.165) is 6.92 Å². The van der Waals surface area contributed by atoms with E-state index in [9.17, 15) is 22.8 Å². The Labute approximate surface area is 189 Å². The van der Waals surface area contributed by atoms with Crippen molar-refractivity contribution in [2.24, 2.45) is 0 Å². The molecule has 0 atom stereocenters. The zero-order valence-electron chi connectivity index (χ0n) is 17.5. The normalized spacial score (nSPS) is 11.4. The molecule has 0 saturated heterocycles. The number of hydrogen-bond donors (Lipinski definition) is 5. The summed E-state index contributed by atoms with van der Waals surface area (Å²) in [6.45, 7) is 1.13. The summed E-state index contributed by atoms with van der Waals surface area (Å²) in [6.07, 6.45) is -1.67.